The molecular formula is C90H94N2O4S4. The van der Waals surface area contributed by atoms with Gasteiger partial charge in [-0.15, -0.1) is 23.5 Å². The van der Waals surface area contributed by atoms with Crippen LogP contribution < -0.4 is 0 Å². The van der Waals surface area contributed by atoms with E-state index in [0.29, 0.717) is 33.0 Å². The first-order valence-electron chi connectivity index (χ1n) is 36.8. The van der Waals surface area contributed by atoms with Crippen LogP contribution in [-0.4, -0.2) is 81.0 Å². The maximum absolute atomic E-state index is 15.3. The molecule has 0 aliphatic carbocycles. The highest BCUT2D eigenvalue weighted by atomic mass is 32.2. The highest BCUT2D eigenvalue weighted by Crippen LogP contribution is 2.52. The predicted molar refractivity (Wildman–Crippen MR) is 429 cm³/mol. The van der Waals surface area contributed by atoms with Crippen molar-refractivity contribution in [2.75, 3.05) is 35.5 Å². The van der Waals surface area contributed by atoms with E-state index in [0.717, 1.165) is 171 Å². The van der Waals surface area contributed by atoms with E-state index in [1.807, 2.05) is 71.3 Å². The van der Waals surface area contributed by atoms with Gasteiger partial charge in [0.1, 0.15) is 0 Å². The van der Waals surface area contributed by atoms with Crippen LogP contribution in [0.4, 0.5) is 0 Å². The molecule has 0 saturated heterocycles. The van der Waals surface area contributed by atoms with E-state index >= 15 is 19.2 Å². The van der Waals surface area contributed by atoms with Crippen LogP contribution in [-0.2, 0) is 9.49 Å². The van der Waals surface area contributed by atoms with Gasteiger partial charge in [0.2, 0.25) is 0 Å². The second kappa shape index (κ2) is 33.9. The highest BCUT2D eigenvalue weighted by Gasteiger charge is 2.42. The predicted octanol–water partition coefficient (Wildman–Crippen LogP) is 23.6. The fourth-order valence-corrected chi connectivity index (χ4v) is 20.5. The summed E-state index contributed by atoms with van der Waals surface area (Å²) in [6.07, 6.45) is 24.2. The van der Waals surface area contributed by atoms with E-state index in [2.05, 4.69) is 219 Å². The Morgan fingerprint density at radius 3 is 0.710 bits per heavy atom. The summed E-state index contributed by atoms with van der Waals surface area (Å²) in [5.74, 6) is 3.39. The smallest absolute Gasteiger partial charge is 0.261 e. The summed E-state index contributed by atoms with van der Waals surface area (Å²) in [6, 6.07) is 81.1. The van der Waals surface area contributed by atoms with Gasteiger partial charge in [-0.2, -0.15) is 23.5 Å². The summed E-state index contributed by atoms with van der Waals surface area (Å²) in [7, 11) is 0. The van der Waals surface area contributed by atoms with Crippen molar-refractivity contribution in [1.29, 1.82) is 0 Å². The van der Waals surface area contributed by atoms with Crippen molar-refractivity contribution >= 4 is 114 Å². The van der Waals surface area contributed by atoms with Crippen molar-refractivity contribution in [3.63, 3.8) is 0 Å². The van der Waals surface area contributed by atoms with Gasteiger partial charge >= 0.3 is 0 Å². The Labute approximate surface area is 610 Å². The largest absolute Gasteiger partial charge is 0.271 e. The monoisotopic (exact) mass is 1390 g/mol. The molecule has 2 atom stereocenters. The molecule has 0 fully saturated rings. The topological polar surface area (TPSA) is 74.8 Å². The van der Waals surface area contributed by atoms with Crippen molar-refractivity contribution in [2.24, 2.45) is 0 Å². The van der Waals surface area contributed by atoms with E-state index in [4.69, 9.17) is 0 Å². The lowest BCUT2D eigenvalue weighted by Gasteiger charge is -2.36. The quantitative estimate of drug-likeness (QED) is 0.0125. The number of nitrogens with zero attached hydrogens (tertiary/aromatic N) is 2. The van der Waals surface area contributed by atoms with E-state index in [1.165, 1.54) is 46.2 Å². The molecule has 13 rings (SSSR count). The molecule has 0 N–H and O–H groups in total. The molecule has 2 aliphatic heterocycles. The van der Waals surface area contributed by atoms with E-state index in [9.17, 15) is 0 Å². The zero-order valence-corrected chi connectivity index (χ0v) is 61.5. The van der Waals surface area contributed by atoms with E-state index in [-0.39, 0.29) is 45.2 Å². The molecule has 0 aromatic heterocycles. The Balaban J connectivity index is 0.715. The lowest BCUT2D eigenvalue weighted by Crippen LogP contribution is -2.47. The zero-order chi connectivity index (χ0) is 68.7. The molecule has 2 aliphatic rings. The van der Waals surface area contributed by atoms with Gasteiger partial charge in [-0.1, -0.05) is 283 Å². The molecule has 512 valence electrons. The summed E-state index contributed by atoms with van der Waals surface area (Å²) in [5.41, 5.74) is 9.90. The number of thioether (sulfide) groups is 4. The SMILES string of the molecule is CSCCCCCCC(CCCCCCSC(c1ccccc1)(c1ccccc1)c1ccccc1)N1C(=O)c2ccc3c4ccc5c6c(ccc(c7ccc(c2c37)C1=O)c64)C(=O)N(C(CCCCCCSC)CCCCCCSC(c1ccccc1)(c1ccccc1)c1ccccc1)C5=O. The van der Waals surface area contributed by atoms with Crippen molar-refractivity contribution in [3.8, 4) is 0 Å². The molecule has 100 heavy (non-hydrogen) atoms. The third-order valence-electron chi connectivity index (χ3n) is 21.3. The van der Waals surface area contributed by atoms with Crippen LogP contribution in [0.15, 0.2) is 231 Å². The summed E-state index contributed by atoms with van der Waals surface area (Å²) < 4.78 is -0.713. The number of carbonyl (C=O) groups excluding carboxylic acids is 4. The summed E-state index contributed by atoms with van der Waals surface area (Å²) in [5, 5.41) is 6.86. The van der Waals surface area contributed by atoms with Crippen LogP contribution in [0.3, 0.4) is 0 Å². The fourth-order valence-electron chi connectivity index (χ4n) is 16.4. The molecule has 4 amide bonds. The van der Waals surface area contributed by atoms with Gasteiger partial charge in [-0.25, -0.2) is 0 Å². The van der Waals surface area contributed by atoms with Gasteiger partial charge in [0, 0.05) is 45.1 Å². The van der Waals surface area contributed by atoms with E-state index < -0.39 is 0 Å². The molecule has 10 heteroatoms. The second-order valence-electron chi connectivity index (χ2n) is 27.5. The van der Waals surface area contributed by atoms with Crippen LogP contribution in [0.1, 0.15) is 203 Å². The number of unbranched alkanes of at least 4 members (excludes halogenated alkanes) is 12. The molecule has 11 aromatic rings. The average Bonchev–Trinajstić information content (AvgIpc) is 0.690. The molecule has 0 radical (unpaired) electrons. The van der Waals surface area contributed by atoms with Crippen molar-refractivity contribution in [1.82, 2.24) is 9.80 Å². The van der Waals surface area contributed by atoms with Crippen LogP contribution in [0.25, 0.3) is 43.1 Å². The first kappa shape index (κ1) is 70.8. The number of fused-ring (bicyclic) bond motifs is 2. The number of hydrogen-bond donors (Lipinski definition) is 0. The first-order chi connectivity index (χ1) is 49.3. The molecule has 2 heterocycles. The van der Waals surface area contributed by atoms with Gasteiger partial charge in [-0.05, 0) is 177 Å². The number of rotatable bonds is 38. The third-order valence-corrected chi connectivity index (χ3v) is 25.9. The normalized spacial score (nSPS) is 14.0. The van der Waals surface area contributed by atoms with Crippen molar-refractivity contribution < 1.29 is 19.2 Å². The zero-order valence-electron chi connectivity index (χ0n) is 58.2. The standard InChI is InChI=1S/C90H94N2O4S4/c1-97-61-33-7-3-29-49-71(51-31-5-9-35-63-99-89(65-37-17-11-18-38-65,66-39-19-12-20-40-66)67-41-21-13-22-42-67)91-85(93)77-57-53-73-75-55-59-79-84-80(60-56-76(82(75)84)74-54-58-78(86(91)94)83(77)81(73)74)88(96)92(87(79)95)72(50-30-4-8-34-62-98-2)52-32-6-10-36-64-100-90(68-43-23-14-24-44-68,69-45-25-15-26-46-69)70-47-27-16-28-48-70/h11-28,37-48,53-60,71-72H,3-10,29-36,49-52,61-64H2,1-2H3. The third kappa shape index (κ3) is 14.6. The summed E-state index contributed by atoms with van der Waals surface area (Å²) >= 11 is 7.79. The van der Waals surface area contributed by atoms with Gasteiger partial charge in [0.05, 0.1) is 9.49 Å². The number of amides is 4. The van der Waals surface area contributed by atoms with Gasteiger partial charge in [0.15, 0.2) is 0 Å². The molecule has 0 saturated carbocycles. The molecule has 2 unspecified atom stereocenters. The first-order valence-corrected chi connectivity index (χ1v) is 41.6. The molecule has 0 bridgehead atoms. The van der Waals surface area contributed by atoms with Gasteiger partial charge < -0.3 is 0 Å². The molecular weight excluding hydrogens is 1300 g/mol. The number of imide groups is 2. The maximum atomic E-state index is 15.3. The van der Waals surface area contributed by atoms with Crippen molar-refractivity contribution in [2.45, 2.75) is 150 Å². The van der Waals surface area contributed by atoms with Gasteiger partial charge in [0.25, 0.3) is 23.6 Å². The summed E-state index contributed by atoms with van der Waals surface area (Å²) in [4.78, 5) is 64.7. The summed E-state index contributed by atoms with van der Waals surface area (Å²) in [6.45, 7) is 0. The Morgan fingerprint density at radius 2 is 0.480 bits per heavy atom. The number of benzene rings is 11. The van der Waals surface area contributed by atoms with Crippen LogP contribution in [0.2, 0.25) is 0 Å². The fraction of sp³-hybridized carbons (Fsp3) is 0.333. The number of carbonyl (C=O) groups is 4. The minimum Gasteiger partial charge on any atom is -0.271 e. The average molecular weight is 1400 g/mol. The lowest BCUT2D eigenvalue weighted by atomic mass is 9.81. The molecule has 6 nitrogen and oxygen atoms in total. The Kier molecular flexibility index (Phi) is 24.0. The Bertz CT molecular complexity index is 3930. The van der Waals surface area contributed by atoms with E-state index in [1.54, 1.807) is 9.80 Å². The number of hydrogen-bond acceptors (Lipinski definition) is 8. The minimum absolute atomic E-state index is 0.211. The highest BCUT2D eigenvalue weighted by molar-refractivity contribution is 8.01. The van der Waals surface area contributed by atoms with Crippen LogP contribution >= 0.6 is 47.0 Å². The van der Waals surface area contributed by atoms with Crippen LogP contribution in [0, 0.1) is 0 Å². The Morgan fingerprint density at radius 1 is 0.260 bits per heavy atom. The maximum Gasteiger partial charge on any atom is 0.261 e. The minimum atomic E-state index is -0.357. The Hall–Kier alpha value is -7.60. The van der Waals surface area contributed by atoms with Crippen molar-refractivity contribution in [3.05, 3.63) is 286 Å². The molecule has 11 aromatic carbocycles. The second-order valence-corrected chi connectivity index (χ2v) is 32.1. The molecule has 0 spiro atoms. The van der Waals surface area contributed by atoms with Gasteiger partial charge in [-0.3, -0.25) is 29.0 Å². The lowest BCUT2D eigenvalue weighted by molar-refractivity contribution is 0.0501. The van der Waals surface area contributed by atoms with Crippen LogP contribution in [0.5, 0.6) is 0 Å².